The summed E-state index contributed by atoms with van der Waals surface area (Å²) in [5.41, 5.74) is 0.860. The fourth-order valence-electron chi connectivity index (χ4n) is 4.26. The van der Waals surface area contributed by atoms with Gasteiger partial charge in [0, 0.05) is 30.7 Å². The van der Waals surface area contributed by atoms with Gasteiger partial charge in [-0.1, -0.05) is 44.5 Å². The molecule has 1 aromatic heterocycles. The third kappa shape index (κ3) is 4.76. The third-order valence-corrected chi connectivity index (χ3v) is 8.04. The molecule has 1 aliphatic heterocycles. The van der Waals surface area contributed by atoms with E-state index in [4.69, 9.17) is 0 Å². The van der Waals surface area contributed by atoms with E-state index in [-0.39, 0.29) is 22.1 Å². The minimum Gasteiger partial charge on any atom is -0.321 e. The number of nitrogens with zero attached hydrogens (tertiary/aromatic N) is 3. The Labute approximate surface area is 199 Å². The summed E-state index contributed by atoms with van der Waals surface area (Å²) in [6.45, 7) is 7.09. The van der Waals surface area contributed by atoms with Gasteiger partial charge in [-0.15, -0.1) is 0 Å². The lowest BCUT2D eigenvalue weighted by Crippen LogP contribution is -2.36. The number of piperidine rings is 1. The Morgan fingerprint density at radius 1 is 1.06 bits per heavy atom. The van der Waals surface area contributed by atoms with E-state index >= 15 is 0 Å². The maximum atomic E-state index is 13.3. The van der Waals surface area contributed by atoms with Crippen molar-refractivity contribution in [2.24, 2.45) is 5.92 Å². The van der Waals surface area contributed by atoms with Gasteiger partial charge in [0.25, 0.3) is 11.5 Å². The summed E-state index contributed by atoms with van der Waals surface area (Å²) in [7, 11) is -3.66. The highest BCUT2D eigenvalue weighted by atomic mass is 32.2. The lowest BCUT2D eigenvalue weighted by atomic mass is 10.1. The number of anilines is 1. The second-order valence-corrected chi connectivity index (χ2v) is 11.1. The first-order valence-electron chi connectivity index (χ1n) is 11.6. The molecule has 0 saturated carbocycles. The summed E-state index contributed by atoms with van der Waals surface area (Å²) in [5, 5.41) is 8.03. The van der Waals surface area contributed by atoms with E-state index in [1.807, 2.05) is 13.8 Å². The fourth-order valence-corrected chi connectivity index (χ4v) is 6.03. The number of fused-ring (bicyclic) bond motifs is 1. The maximum absolute atomic E-state index is 13.3. The zero-order valence-electron chi connectivity index (χ0n) is 19.7. The molecule has 0 bridgehead atoms. The van der Waals surface area contributed by atoms with Crippen molar-refractivity contribution in [3.05, 3.63) is 64.1 Å². The predicted octanol–water partition coefficient (Wildman–Crippen LogP) is 3.79. The van der Waals surface area contributed by atoms with Crippen LogP contribution < -0.4 is 10.9 Å². The Morgan fingerprint density at radius 2 is 1.74 bits per heavy atom. The van der Waals surface area contributed by atoms with Crippen molar-refractivity contribution in [2.45, 2.75) is 51.5 Å². The van der Waals surface area contributed by atoms with Crippen LogP contribution in [0.2, 0.25) is 0 Å². The number of aromatic nitrogens is 2. The Balaban J connectivity index is 1.71. The van der Waals surface area contributed by atoms with Crippen molar-refractivity contribution in [3.63, 3.8) is 0 Å². The van der Waals surface area contributed by atoms with Crippen LogP contribution in [-0.2, 0) is 16.6 Å². The number of nitrogens with one attached hydrogen (secondary N) is 1. The number of carbonyl (C=O) groups is 1. The minimum absolute atomic E-state index is 0.122. The van der Waals surface area contributed by atoms with Gasteiger partial charge in [-0.2, -0.15) is 9.40 Å². The van der Waals surface area contributed by atoms with Gasteiger partial charge in [-0.05, 0) is 49.4 Å². The standard InChI is InChI=1S/C25H30N4O4S/c1-17(2)16-29-25(31)21-10-6-5-9-20(21)23(27-29)24(30)26-19-12-11-18(3)22(15-19)34(32,33)28-13-7-4-8-14-28/h5-6,9-12,15,17H,4,7-8,13-14,16H2,1-3H3,(H,26,30). The molecule has 3 aromatic rings. The first-order valence-corrected chi connectivity index (χ1v) is 13.0. The molecule has 4 rings (SSSR count). The third-order valence-electron chi connectivity index (χ3n) is 6.00. The van der Waals surface area contributed by atoms with Gasteiger partial charge in [0.15, 0.2) is 5.69 Å². The topological polar surface area (TPSA) is 101 Å². The van der Waals surface area contributed by atoms with Crippen LogP contribution in [0.5, 0.6) is 0 Å². The average molecular weight is 483 g/mol. The SMILES string of the molecule is Cc1ccc(NC(=O)c2nn(CC(C)C)c(=O)c3ccccc23)cc1S(=O)(=O)N1CCCCC1. The fraction of sp³-hybridized carbons (Fsp3) is 0.400. The Hall–Kier alpha value is -3.04. The molecule has 0 aliphatic carbocycles. The number of sulfonamides is 1. The van der Waals surface area contributed by atoms with Crippen LogP contribution in [0.15, 0.2) is 52.2 Å². The van der Waals surface area contributed by atoms with E-state index in [1.165, 1.54) is 15.1 Å². The molecular formula is C25H30N4O4S. The van der Waals surface area contributed by atoms with E-state index in [1.54, 1.807) is 43.3 Å². The number of amides is 1. The first-order chi connectivity index (χ1) is 16.2. The molecule has 0 radical (unpaired) electrons. The van der Waals surface area contributed by atoms with Crippen LogP contribution in [0.4, 0.5) is 5.69 Å². The molecular weight excluding hydrogens is 452 g/mol. The first kappa shape index (κ1) is 24.1. The summed E-state index contributed by atoms with van der Waals surface area (Å²) in [6.07, 6.45) is 2.72. The Kier molecular flexibility index (Phi) is 6.86. The van der Waals surface area contributed by atoms with Crippen LogP contribution in [0.3, 0.4) is 0 Å². The molecule has 0 atom stereocenters. The second-order valence-electron chi connectivity index (χ2n) is 9.17. The quantitative estimate of drug-likeness (QED) is 0.576. The molecule has 180 valence electrons. The Bertz CT molecular complexity index is 1390. The minimum atomic E-state index is -3.66. The molecule has 1 fully saturated rings. The summed E-state index contributed by atoms with van der Waals surface area (Å²) >= 11 is 0. The summed E-state index contributed by atoms with van der Waals surface area (Å²) in [5.74, 6) is -0.333. The molecule has 9 heteroatoms. The van der Waals surface area contributed by atoms with Gasteiger partial charge in [0.2, 0.25) is 10.0 Å². The van der Waals surface area contributed by atoms with Gasteiger partial charge in [-0.3, -0.25) is 9.59 Å². The molecule has 2 aromatic carbocycles. The zero-order chi connectivity index (χ0) is 24.5. The highest BCUT2D eigenvalue weighted by Crippen LogP contribution is 2.26. The Morgan fingerprint density at radius 3 is 2.41 bits per heavy atom. The number of benzene rings is 2. The van der Waals surface area contributed by atoms with Gasteiger partial charge < -0.3 is 5.32 Å². The number of carbonyl (C=O) groups excluding carboxylic acids is 1. The van der Waals surface area contributed by atoms with Crippen molar-refractivity contribution in [2.75, 3.05) is 18.4 Å². The van der Waals surface area contributed by atoms with Crippen LogP contribution in [-0.4, -0.2) is 41.5 Å². The maximum Gasteiger partial charge on any atom is 0.276 e. The van der Waals surface area contributed by atoms with Crippen molar-refractivity contribution in [1.82, 2.24) is 14.1 Å². The van der Waals surface area contributed by atoms with E-state index < -0.39 is 15.9 Å². The molecule has 8 nitrogen and oxygen atoms in total. The molecule has 0 unspecified atom stereocenters. The van der Waals surface area contributed by atoms with E-state index in [0.717, 1.165) is 19.3 Å². The molecule has 1 N–H and O–H groups in total. The van der Waals surface area contributed by atoms with Gasteiger partial charge in [0.05, 0.1) is 10.3 Å². The lowest BCUT2D eigenvalue weighted by Gasteiger charge is -2.26. The second kappa shape index (κ2) is 9.68. The van der Waals surface area contributed by atoms with Crippen LogP contribution in [0.1, 0.15) is 49.2 Å². The number of hydrogen-bond acceptors (Lipinski definition) is 5. The van der Waals surface area contributed by atoms with E-state index in [9.17, 15) is 18.0 Å². The molecule has 1 amide bonds. The number of aryl methyl sites for hydroxylation is 1. The normalized spacial score (nSPS) is 15.1. The number of rotatable bonds is 6. The van der Waals surface area contributed by atoms with E-state index in [0.29, 0.717) is 41.7 Å². The number of hydrogen-bond donors (Lipinski definition) is 1. The highest BCUT2D eigenvalue weighted by Gasteiger charge is 2.28. The van der Waals surface area contributed by atoms with Crippen LogP contribution >= 0.6 is 0 Å². The van der Waals surface area contributed by atoms with Crippen molar-refractivity contribution in [3.8, 4) is 0 Å². The molecule has 1 saturated heterocycles. The molecule has 0 spiro atoms. The zero-order valence-corrected chi connectivity index (χ0v) is 20.6. The predicted molar refractivity (Wildman–Crippen MR) is 133 cm³/mol. The van der Waals surface area contributed by atoms with Gasteiger partial charge in [-0.25, -0.2) is 13.1 Å². The lowest BCUT2D eigenvalue weighted by molar-refractivity contribution is 0.102. The molecule has 34 heavy (non-hydrogen) atoms. The summed E-state index contributed by atoms with van der Waals surface area (Å²) in [4.78, 5) is 26.3. The largest absolute Gasteiger partial charge is 0.321 e. The summed E-state index contributed by atoms with van der Waals surface area (Å²) in [6, 6.07) is 11.8. The van der Waals surface area contributed by atoms with Crippen molar-refractivity contribution >= 4 is 32.4 Å². The van der Waals surface area contributed by atoms with Crippen LogP contribution in [0, 0.1) is 12.8 Å². The van der Waals surface area contributed by atoms with Crippen LogP contribution in [0.25, 0.3) is 10.8 Å². The average Bonchev–Trinajstić information content (AvgIpc) is 2.82. The summed E-state index contributed by atoms with van der Waals surface area (Å²) < 4.78 is 29.3. The highest BCUT2D eigenvalue weighted by molar-refractivity contribution is 7.89. The van der Waals surface area contributed by atoms with Gasteiger partial charge in [0.1, 0.15) is 0 Å². The monoisotopic (exact) mass is 482 g/mol. The smallest absolute Gasteiger partial charge is 0.276 e. The molecule has 1 aliphatic rings. The van der Waals surface area contributed by atoms with Crippen molar-refractivity contribution in [1.29, 1.82) is 0 Å². The van der Waals surface area contributed by atoms with Crippen molar-refractivity contribution < 1.29 is 13.2 Å². The van der Waals surface area contributed by atoms with E-state index in [2.05, 4.69) is 10.4 Å². The van der Waals surface area contributed by atoms with Gasteiger partial charge >= 0.3 is 0 Å². The molecule has 2 heterocycles.